The fourth-order valence-electron chi connectivity index (χ4n) is 1.58. The van der Waals surface area contributed by atoms with Crippen LogP contribution in [0.2, 0.25) is 0 Å². The molecule has 0 heterocycles. The molecule has 98 valence electrons. The molecule has 2 rings (SSSR count). The van der Waals surface area contributed by atoms with Crippen molar-refractivity contribution >= 4 is 43.5 Å². The quantitative estimate of drug-likeness (QED) is 0.847. The maximum absolute atomic E-state index is 12.1. The molecule has 2 aromatic rings. The Balaban J connectivity index is 2.17. The topological polar surface area (TPSA) is 38.3 Å². The van der Waals surface area contributed by atoms with Gasteiger partial charge in [0.05, 0.1) is 11.6 Å². The standard InChI is InChI=1S/C14H11Br2NO2/c1-19-13-6-5-11(8-12(13)16)17-14(18)9-3-2-4-10(15)7-9/h2-8H,1H3,(H,17,18). The largest absolute Gasteiger partial charge is 0.496 e. The summed E-state index contributed by atoms with van der Waals surface area (Å²) in [4.78, 5) is 12.1. The first kappa shape index (κ1) is 14.1. The molecular formula is C14H11Br2NO2. The second-order valence-corrected chi connectivity index (χ2v) is 5.58. The Morgan fingerprint density at radius 2 is 1.95 bits per heavy atom. The van der Waals surface area contributed by atoms with Gasteiger partial charge in [0.15, 0.2) is 0 Å². The van der Waals surface area contributed by atoms with E-state index in [-0.39, 0.29) is 5.91 Å². The number of carbonyl (C=O) groups excluding carboxylic acids is 1. The molecule has 1 N–H and O–H groups in total. The fraction of sp³-hybridized carbons (Fsp3) is 0.0714. The molecular weight excluding hydrogens is 374 g/mol. The molecule has 0 aromatic heterocycles. The SMILES string of the molecule is COc1ccc(NC(=O)c2cccc(Br)c2)cc1Br. The van der Waals surface area contributed by atoms with Crippen LogP contribution < -0.4 is 10.1 Å². The summed E-state index contributed by atoms with van der Waals surface area (Å²) in [5, 5.41) is 2.83. The number of nitrogens with one attached hydrogen (secondary N) is 1. The number of methoxy groups -OCH3 is 1. The Morgan fingerprint density at radius 3 is 2.58 bits per heavy atom. The van der Waals surface area contributed by atoms with Crippen molar-refractivity contribution in [2.45, 2.75) is 0 Å². The van der Waals surface area contributed by atoms with E-state index in [2.05, 4.69) is 37.2 Å². The lowest BCUT2D eigenvalue weighted by molar-refractivity contribution is 0.102. The van der Waals surface area contributed by atoms with Crippen LogP contribution in [0.1, 0.15) is 10.4 Å². The fourth-order valence-corrected chi connectivity index (χ4v) is 2.52. The highest BCUT2D eigenvalue weighted by molar-refractivity contribution is 9.10. The van der Waals surface area contributed by atoms with Crippen LogP contribution >= 0.6 is 31.9 Å². The van der Waals surface area contributed by atoms with E-state index in [4.69, 9.17) is 4.74 Å². The average Bonchev–Trinajstić information content (AvgIpc) is 2.39. The van der Waals surface area contributed by atoms with E-state index in [1.54, 1.807) is 37.4 Å². The predicted octanol–water partition coefficient (Wildman–Crippen LogP) is 4.47. The van der Waals surface area contributed by atoms with Crippen LogP contribution in [-0.2, 0) is 0 Å². The van der Waals surface area contributed by atoms with Crippen molar-refractivity contribution in [3.05, 3.63) is 57.0 Å². The van der Waals surface area contributed by atoms with Gasteiger partial charge < -0.3 is 10.1 Å². The zero-order valence-electron chi connectivity index (χ0n) is 10.1. The molecule has 0 bridgehead atoms. The predicted molar refractivity (Wildman–Crippen MR) is 82.8 cm³/mol. The van der Waals surface area contributed by atoms with Crippen LogP contribution in [-0.4, -0.2) is 13.0 Å². The molecule has 2 aromatic carbocycles. The number of halogens is 2. The van der Waals surface area contributed by atoms with Crippen LogP contribution in [0.15, 0.2) is 51.4 Å². The summed E-state index contributed by atoms with van der Waals surface area (Å²) in [5.74, 6) is 0.568. The maximum atomic E-state index is 12.1. The Morgan fingerprint density at radius 1 is 1.16 bits per heavy atom. The molecule has 0 fully saturated rings. The third-order valence-corrected chi connectivity index (χ3v) is 3.61. The van der Waals surface area contributed by atoms with Crippen molar-refractivity contribution < 1.29 is 9.53 Å². The van der Waals surface area contributed by atoms with Crippen molar-refractivity contribution in [3.63, 3.8) is 0 Å². The summed E-state index contributed by atoms with van der Waals surface area (Å²) in [6, 6.07) is 12.6. The van der Waals surface area contributed by atoms with Gasteiger partial charge >= 0.3 is 0 Å². The van der Waals surface area contributed by atoms with Gasteiger partial charge in [0.2, 0.25) is 0 Å². The Bertz CT molecular complexity index is 614. The van der Waals surface area contributed by atoms with Crippen molar-refractivity contribution in [1.29, 1.82) is 0 Å². The highest BCUT2D eigenvalue weighted by Crippen LogP contribution is 2.28. The minimum absolute atomic E-state index is 0.154. The number of hydrogen-bond acceptors (Lipinski definition) is 2. The van der Waals surface area contributed by atoms with Gasteiger partial charge in [0, 0.05) is 15.7 Å². The van der Waals surface area contributed by atoms with Gasteiger partial charge in [-0.25, -0.2) is 0 Å². The molecule has 0 radical (unpaired) electrons. The van der Waals surface area contributed by atoms with E-state index in [0.29, 0.717) is 11.3 Å². The summed E-state index contributed by atoms with van der Waals surface area (Å²) in [6.07, 6.45) is 0. The van der Waals surface area contributed by atoms with Crippen molar-refractivity contribution in [3.8, 4) is 5.75 Å². The number of ether oxygens (including phenoxy) is 1. The zero-order valence-corrected chi connectivity index (χ0v) is 13.3. The van der Waals surface area contributed by atoms with E-state index < -0.39 is 0 Å². The van der Waals surface area contributed by atoms with Gasteiger partial charge in [-0.1, -0.05) is 22.0 Å². The summed E-state index contributed by atoms with van der Waals surface area (Å²) in [5.41, 5.74) is 1.30. The van der Waals surface area contributed by atoms with Crippen LogP contribution in [0.4, 0.5) is 5.69 Å². The van der Waals surface area contributed by atoms with Crippen molar-refractivity contribution in [2.24, 2.45) is 0 Å². The monoisotopic (exact) mass is 383 g/mol. The van der Waals surface area contributed by atoms with Gasteiger partial charge in [0.25, 0.3) is 5.91 Å². The first-order valence-electron chi connectivity index (χ1n) is 5.50. The van der Waals surface area contributed by atoms with Gasteiger partial charge in [-0.3, -0.25) is 4.79 Å². The molecule has 3 nitrogen and oxygen atoms in total. The molecule has 0 saturated carbocycles. The van der Waals surface area contributed by atoms with Crippen molar-refractivity contribution in [1.82, 2.24) is 0 Å². The number of benzene rings is 2. The van der Waals surface area contributed by atoms with Crippen LogP contribution in [0, 0.1) is 0 Å². The van der Waals surface area contributed by atoms with E-state index in [9.17, 15) is 4.79 Å². The Labute approximate surface area is 128 Å². The first-order chi connectivity index (χ1) is 9.10. The number of rotatable bonds is 3. The molecule has 0 aliphatic carbocycles. The molecule has 0 aliphatic rings. The number of hydrogen-bond donors (Lipinski definition) is 1. The van der Waals surface area contributed by atoms with Gasteiger partial charge in [-0.2, -0.15) is 0 Å². The number of anilines is 1. The molecule has 0 atom stereocenters. The Kier molecular flexibility index (Phi) is 4.61. The normalized spacial score (nSPS) is 10.1. The highest BCUT2D eigenvalue weighted by Gasteiger charge is 2.08. The third kappa shape index (κ3) is 3.58. The molecule has 0 aliphatic heterocycles. The van der Waals surface area contributed by atoms with Gasteiger partial charge in [0.1, 0.15) is 5.75 Å². The minimum atomic E-state index is -0.154. The summed E-state index contributed by atoms with van der Waals surface area (Å²) in [7, 11) is 1.60. The maximum Gasteiger partial charge on any atom is 0.255 e. The third-order valence-electron chi connectivity index (χ3n) is 2.50. The van der Waals surface area contributed by atoms with Crippen LogP contribution in [0.25, 0.3) is 0 Å². The van der Waals surface area contributed by atoms with Gasteiger partial charge in [-0.05, 0) is 52.3 Å². The molecule has 0 saturated heterocycles. The molecule has 5 heteroatoms. The zero-order chi connectivity index (χ0) is 13.8. The molecule has 1 amide bonds. The smallest absolute Gasteiger partial charge is 0.255 e. The molecule has 0 unspecified atom stereocenters. The lowest BCUT2D eigenvalue weighted by Gasteiger charge is -2.08. The van der Waals surface area contributed by atoms with E-state index in [0.717, 1.165) is 14.7 Å². The first-order valence-corrected chi connectivity index (χ1v) is 7.09. The average molecular weight is 385 g/mol. The lowest BCUT2D eigenvalue weighted by Crippen LogP contribution is -2.11. The molecule has 0 spiro atoms. The number of amides is 1. The van der Waals surface area contributed by atoms with Gasteiger partial charge in [-0.15, -0.1) is 0 Å². The van der Waals surface area contributed by atoms with Crippen LogP contribution in [0.5, 0.6) is 5.75 Å². The second kappa shape index (κ2) is 6.21. The second-order valence-electron chi connectivity index (χ2n) is 3.81. The Hall–Kier alpha value is -1.33. The summed E-state index contributed by atoms with van der Waals surface area (Å²) in [6.45, 7) is 0. The molecule has 19 heavy (non-hydrogen) atoms. The highest BCUT2D eigenvalue weighted by atomic mass is 79.9. The number of carbonyl (C=O) groups is 1. The van der Waals surface area contributed by atoms with E-state index in [1.807, 2.05) is 12.1 Å². The van der Waals surface area contributed by atoms with E-state index in [1.165, 1.54) is 0 Å². The van der Waals surface area contributed by atoms with E-state index >= 15 is 0 Å². The van der Waals surface area contributed by atoms with Crippen LogP contribution in [0.3, 0.4) is 0 Å². The summed E-state index contributed by atoms with van der Waals surface area (Å²) >= 11 is 6.72. The minimum Gasteiger partial charge on any atom is -0.496 e. The lowest BCUT2D eigenvalue weighted by atomic mass is 10.2. The van der Waals surface area contributed by atoms with Crippen molar-refractivity contribution in [2.75, 3.05) is 12.4 Å². The summed E-state index contributed by atoms with van der Waals surface area (Å²) < 4.78 is 6.80.